The molecule has 0 aromatic heterocycles. The SMILES string of the molecule is Cc1ccc2c(c1)N(CC#N)C(=O)C(C)(C)O2. The van der Waals surface area contributed by atoms with Gasteiger partial charge in [-0.05, 0) is 38.5 Å². The van der Waals surface area contributed by atoms with E-state index in [1.807, 2.05) is 31.2 Å². The number of benzene rings is 1. The third-order valence-corrected chi connectivity index (χ3v) is 2.76. The van der Waals surface area contributed by atoms with Crippen LogP contribution < -0.4 is 9.64 Å². The van der Waals surface area contributed by atoms with E-state index in [0.29, 0.717) is 11.4 Å². The number of carbonyl (C=O) groups is 1. The highest BCUT2D eigenvalue weighted by Gasteiger charge is 2.40. The van der Waals surface area contributed by atoms with Crippen LogP contribution in [0.2, 0.25) is 0 Å². The Labute approximate surface area is 100 Å². The van der Waals surface area contributed by atoms with Crippen LogP contribution in [0, 0.1) is 18.3 Å². The van der Waals surface area contributed by atoms with Crippen LogP contribution in [0.3, 0.4) is 0 Å². The molecule has 1 aliphatic rings. The second kappa shape index (κ2) is 3.77. The number of anilines is 1. The molecule has 1 heterocycles. The standard InChI is InChI=1S/C13H14N2O2/c1-9-4-5-11-10(8-9)15(7-6-14)12(16)13(2,3)17-11/h4-5,8H,7H2,1-3H3. The first-order valence-electron chi connectivity index (χ1n) is 5.44. The minimum Gasteiger partial charge on any atom is -0.476 e. The quantitative estimate of drug-likeness (QED) is 0.693. The molecule has 2 rings (SSSR count). The molecule has 1 aromatic rings. The number of hydrogen-bond donors (Lipinski definition) is 0. The lowest BCUT2D eigenvalue weighted by atomic mass is 10.0. The summed E-state index contributed by atoms with van der Waals surface area (Å²) in [5.41, 5.74) is 0.790. The summed E-state index contributed by atoms with van der Waals surface area (Å²) in [6.45, 7) is 5.40. The largest absolute Gasteiger partial charge is 0.476 e. The molecule has 0 radical (unpaired) electrons. The zero-order valence-corrected chi connectivity index (χ0v) is 10.2. The first-order chi connectivity index (χ1) is 7.95. The molecule has 0 aliphatic carbocycles. The van der Waals surface area contributed by atoms with Crippen molar-refractivity contribution >= 4 is 11.6 Å². The number of amides is 1. The molecule has 4 heteroatoms. The highest BCUT2D eigenvalue weighted by atomic mass is 16.5. The van der Waals surface area contributed by atoms with Gasteiger partial charge < -0.3 is 4.74 Å². The Bertz CT molecular complexity index is 515. The zero-order chi connectivity index (χ0) is 12.6. The van der Waals surface area contributed by atoms with Crippen LogP contribution in [0.25, 0.3) is 0 Å². The van der Waals surface area contributed by atoms with E-state index in [4.69, 9.17) is 10.00 Å². The molecule has 0 spiro atoms. The Morgan fingerprint density at radius 2 is 2.18 bits per heavy atom. The minimum atomic E-state index is -0.918. The number of rotatable bonds is 1. The van der Waals surface area contributed by atoms with Crippen LogP contribution >= 0.6 is 0 Å². The smallest absolute Gasteiger partial charge is 0.271 e. The fourth-order valence-electron chi connectivity index (χ4n) is 1.91. The van der Waals surface area contributed by atoms with Crippen molar-refractivity contribution in [2.45, 2.75) is 26.4 Å². The van der Waals surface area contributed by atoms with E-state index in [1.165, 1.54) is 4.90 Å². The second-order valence-corrected chi connectivity index (χ2v) is 4.63. The van der Waals surface area contributed by atoms with Crippen LogP contribution in [-0.4, -0.2) is 18.1 Å². The van der Waals surface area contributed by atoms with Crippen molar-refractivity contribution in [1.29, 1.82) is 5.26 Å². The van der Waals surface area contributed by atoms with Gasteiger partial charge in [0, 0.05) is 0 Å². The van der Waals surface area contributed by atoms with E-state index < -0.39 is 5.60 Å². The van der Waals surface area contributed by atoms with Gasteiger partial charge in [-0.25, -0.2) is 0 Å². The lowest BCUT2D eigenvalue weighted by Gasteiger charge is -2.37. The summed E-state index contributed by atoms with van der Waals surface area (Å²) in [6.07, 6.45) is 0. The Hall–Kier alpha value is -2.02. The summed E-state index contributed by atoms with van der Waals surface area (Å²) in [5, 5.41) is 8.82. The zero-order valence-electron chi connectivity index (χ0n) is 10.2. The van der Waals surface area contributed by atoms with Crippen LogP contribution in [0.4, 0.5) is 5.69 Å². The maximum absolute atomic E-state index is 12.2. The molecule has 88 valence electrons. The highest BCUT2D eigenvalue weighted by molar-refractivity contribution is 6.02. The van der Waals surface area contributed by atoms with E-state index in [9.17, 15) is 4.79 Å². The van der Waals surface area contributed by atoms with Crippen molar-refractivity contribution < 1.29 is 9.53 Å². The van der Waals surface area contributed by atoms with Crippen molar-refractivity contribution in [1.82, 2.24) is 0 Å². The van der Waals surface area contributed by atoms with Crippen molar-refractivity contribution in [3.05, 3.63) is 23.8 Å². The molecule has 4 nitrogen and oxygen atoms in total. The van der Waals surface area contributed by atoms with Gasteiger partial charge in [-0.3, -0.25) is 9.69 Å². The predicted molar refractivity (Wildman–Crippen MR) is 63.9 cm³/mol. The maximum atomic E-state index is 12.2. The van der Waals surface area contributed by atoms with Crippen molar-refractivity contribution in [2.24, 2.45) is 0 Å². The van der Waals surface area contributed by atoms with E-state index >= 15 is 0 Å². The molecular weight excluding hydrogens is 216 g/mol. The minimum absolute atomic E-state index is 0.0437. The molecule has 0 atom stereocenters. The summed E-state index contributed by atoms with van der Waals surface area (Å²) in [7, 11) is 0. The van der Waals surface area contributed by atoms with Gasteiger partial charge in [-0.2, -0.15) is 5.26 Å². The molecule has 0 unspecified atom stereocenters. The fraction of sp³-hybridized carbons (Fsp3) is 0.385. The van der Waals surface area contributed by atoms with E-state index in [0.717, 1.165) is 5.56 Å². The normalized spacial score (nSPS) is 17.1. The first-order valence-corrected chi connectivity index (χ1v) is 5.44. The molecular formula is C13H14N2O2. The molecule has 0 fully saturated rings. The third kappa shape index (κ3) is 1.84. The van der Waals surface area contributed by atoms with Crippen LogP contribution in [0.1, 0.15) is 19.4 Å². The summed E-state index contributed by atoms with van der Waals surface area (Å²) in [4.78, 5) is 13.6. The number of aryl methyl sites for hydroxylation is 1. The number of nitrogens with zero attached hydrogens (tertiary/aromatic N) is 2. The number of carbonyl (C=O) groups excluding carboxylic acids is 1. The molecule has 0 bridgehead atoms. The maximum Gasteiger partial charge on any atom is 0.271 e. The molecule has 17 heavy (non-hydrogen) atoms. The predicted octanol–water partition coefficient (Wildman–Crippen LogP) is 2.02. The molecule has 0 saturated heterocycles. The van der Waals surface area contributed by atoms with Gasteiger partial charge >= 0.3 is 0 Å². The summed E-state index contributed by atoms with van der Waals surface area (Å²) in [5.74, 6) is 0.465. The van der Waals surface area contributed by atoms with Gasteiger partial charge in [0.25, 0.3) is 5.91 Å². The number of nitriles is 1. The van der Waals surface area contributed by atoms with E-state index in [2.05, 4.69) is 0 Å². The van der Waals surface area contributed by atoms with Gasteiger partial charge in [0.15, 0.2) is 5.60 Å². The van der Waals surface area contributed by atoms with Crippen LogP contribution in [0.5, 0.6) is 5.75 Å². The Morgan fingerprint density at radius 1 is 1.47 bits per heavy atom. The lowest BCUT2D eigenvalue weighted by Crippen LogP contribution is -2.52. The van der Waals surface area contributed by atoms with Gasteiger partial charge in [-0.15, -0.1) is 0 Å². The summed E-state index contributed by atoms with van der Waals surface area (Å²) >= 11 is 0. The second-order valence-electron chi connectivity index (χ2n) is 4.63. The first kappa shape index (κ1) is 11.5. The van der Waals surface area contributed by atoms with Gasteiger partial charge in [0.1, 0.15) is 12.3 Å². The highest BCUT2D eigenvalue weighted by Crippen LogP contribution is 2.37. The Morgan fingerprint density at radius 3 is 2.82 bits per heavy atom. The van der Waals surface area contributed by atoms with Crippen molar-refractivity contribution in [3.8, 4) is 11.8 Å². The van der Waals surface area contributed by atoms with E-state index in [-0.39, 0.29) is 12.5 Å². The van der Waals surface area contributed by atoms with Crippen molar-refractivity contribution in [2.75, 3.05) is 11.4 Å². The Kier molecular flexibility index (Phi) is 2.55. The van der Waals surface area contributed by atoms with Gasteiger partial charge in [0.05, 0.1) is 11.8 Å². The summed E-state index contributed by atoms with van der Waals surface area (Å²) < 4.78 is 5.66. The average Bonchev–Trinajstić information content (AvgIpc) is 2.26. The number of hydrogen-bond acceptors (Lipinski definition) is 3. The van der Waals surface area contributed by atoms with Crippen LogP contribution in [-0.2, 0) is 4.79 Å². The summed E-state index contributed by atoms with van der Waals surface area (Å²) in [6, 6.07) is 7.64. The molecule has 0 N–H and O–H groups in total. The van der Waals surface area contributed by atoms with E-state index in [1.54, 1.807) is 13.8 Å². The molecule has 0 saturated carbocycles. The molecule has 1 amide bonds. The average molecular weight is 230 g/mol. The van der Waals surface area contributed by atoms with Gasteiger partial charge in [-0.1, -0.05) is 6.07 Å². The number of ether oxygens (including phenoxy) is 1. The van der Waals surface area contributed by atoms with Crippen LogP contribution in [0.15, 0.2) is 18.2 Å². The molecule has 1 aliphatic heterocycles. The fourth-order valence-corrected chi connectivity index (χ4v) is 1.91. The Balaban J connectivity index is 2.55. The van der Waals surface area contributed by atoms with Crippen molar-refractivity contribution in [3.63, 3.8) is 0 Å². The number of fused-ring (bicyclic) bond motifs is 1. The molecule has 1 aromatic carbocycles. The third-order valence-electron chi connectivity index (χ3n) is 2.76. The topological polar surface area (TPSA) is 53.3 Å². The van der Waals surface area contributed by atoms with Gasteiger partial charge in [0.2, 0.25) is 0 Å². The monoisotopic (exact) mass is 230 g/mol. The lowest BCUT2D eigenvalue weighted by molar-refractivity contribution is -0.132.